The Morgan fingerprint density at radius 3 is 2.76 bits per heavy atom. The van der Waals surface area contributed by atoms with Crippen LogP contribution in [0.3, 0.4) is 0 Å². The standard InChI is InChI=1S/C26H38O6S/c1-18(2)32-26(30)8-5-12-33-13-11-23-22(24(28)16-25(23)29)10-9-21(27)15-19-6-4-7-20(14-19)17-31-3/h4,6-7,9-10,14,18,21-24,27-28H,5,8,11-13,15-17H2,1-3H3/t21-,22-,23-,24-/m1/s1. The van der Waals surface area contributed by atoms with Gasteiger partial charge in [-0.1, -0.05) is 36.4 Å². The van der Waals surface area contributed by atoms with Crippen LogP contribution >= 0.6 is 11.8 Å². The van der Waals surface area contributed by atoms with Crippen molar-refractivity contribution < 1.29 is 29.3 Å². The van der Waals surface area contributed by atoms with Crippen LogP contribution in [-0.2, 0) is 32.1 Å². The van der Waals surface area contributed by atoms with Crippen molar-refractivity contribution in [1.82, 2.24) is 0 Å². The third-order valence-electron chi connectivity index (χ3n) is 5.65. The zero-order valence-electron chi connectivity index (χ0n) is 19.9. The molecule has 0 aromatic heterocycles. The summed E-state index contributed by atoms with van der Waals surface area (Å²) >= 11 is 1.71. The molecule has 4 atom stereocenters. The molecule has 0 saturated heterocycles. The van der Waals surface area contributed by atoms with E-state index < -0.39 is 12.2 Å². The predicted octanol–water partition coefficient (Wildman–Crippen LogP) is 3.71. The maximum Gasteiger partial charge on any atom is 0.306 e. The van der Waals surface area contributed by atoms with Crippen molar-refractivity contribution >= 4 is 23.5 Å². The maximum absolute atomic E-state index is 12.4. The first-order valence-corrected chi connectivity index (χ1v) is 12.9. The lowest BCUT2D eigenvalue weighted by Gasteiger charge is -2.18. The highest BCUT2D eigenvalue weighted by atomic mass is 32.2. The number of ketones is 1. The number of methoxy groups -OCH3 is 1. The van der Waals surface area contributed by atoms with Crippen molar-refractivity contribution in [2.45, 2.75) is 70.9 Å². The molecule has 33 heavy (non-hydrogen) atoms. The van der Waals surface area contributed by atoms with Crippen molar-refractivity contribution in [2.24, 2.45) is 11.8 Å². The van der Waals surface area contributed by atoms with Gasteiger partial charge in [-0.3, -0.25) is 9.59 Å². The molecule has 1 saturated carbocycles. The monoisotopic (exact) mass is 478 g/mol. The van der Waals surface area contributed by atoms with Crippen LogP contribution in [0.5, 0.6) is 0 Å². The van der Waals surface area contributed by atoms with E-state index in [4.69, 9.17) is 9.47 Å². The van der Waals surface area contributed by atoms with Gasteiger partial charge in [0.15, 0.2) is 0 Å². The summed E-state index contributed by atoms with van der Waals surface area (Å²) in [6.45, 7) is 4.20. The second-order valence-corrected chi connectivity index (χ2v) is 10.1. The van der Waals surface area contributed by atoms with Crippen LogP contribution in [0.4, 0.5) is 0 Å². The normalized spacial score (nSPS) is 21.8. The number of thioether (sulfide) groups is 1. The van der Waals surface area contributed by atoms with E-state index >= 15 is 0 Å². The fraction of sp³-hybridized carbons (Fsp3) is 0.615. The molecular weight excluding hydrogens is 440 g/mol. The molecule has 0 spiro atoms. The molecular formula is C26H38O6S. The highest BCUT2D eigenvalue weighted by molar-refractivity contribution is 7.99. The van der Waals surface area contributed by atoms with Gasteiger partial charge >= 0.3 is 5.97 Å². The number of ether oxygens (including phenoxy) is 2. The topological polar surface area (TPSA) is 93.1 Å². The largest absolute Gasteiger partial charge is 0.463 e. The molecule has 1 aliphatic rings. The number of aliphatic hydroxyl groups is 2. The minimum atomic E-state index is -0.702. The van der Waals surface area contributed by atoms with E-state index in [-0.39, 0.29) is 36.1 Å². The third-order valence-corrected chi connectivity index (χ3v) is 6.75. The average Bonchev–Trinajstić information content (AvgIpc) is 3.01. The van der Waals surface area contributed by atoms with Gasteiger partial charge in [0.2, 0.25) is 0 Å². The van der Waals surface area contributed by atoms with Crippen molar-refractivity contribution in [3.8, 4) is 0 Å². The van der Waals surface area contributed by atoms with Gasteiger partial charge in [0, 0.05) is 38.2 Å². The van der Waals surface area contributed by atoms with Gasteiger partial charge in [-0.05, 0) is 49.3 Å². The minimum Gasteiger partial charge on any atom is -0.463 e. The lowest BCUT2D eigenvalue weighted by Crippen LogP contribution is -2.20. The summed E-state index contributed by atoms with van der Waals surface area (Å²) in [6.07, 6.45) is 4.51. The minimum absolute atomic E-state index is 0.0833. The van der Waals surface area contributed by atoms with Crippen LogP contribution in [0.25, 0.3) is 0 Å². The number of hydrogen-bond acceptors (Lipinski definition) is 7. The Labute approximate surface area is 201 Å². The zero-order chi connectivity index (χ0) is 24.2. The number of carbonyl (C=O) groups is 2. The molecule has 0 radical (unpaired) electrons. The highest BCUT2D eigenvalue weighted by Gasteiger charge is 2.39. The number of rotatable bonds is 14. The van der Waals surface area contributed by atoms with Gasteiger partial charge in [-0.25, -0.2) is 0 Å². The van der Waals surface area contributed by atoms with Gasteiger partial charge in [-0.15, -0.1) is 0 Å². The molecule has 1 aliphatic carbocycles. The number of carbonyl (C=O) groups excluding carboxylic acids is 2. The zero-order valence-corrected chi connectivity index (χ0v) is 20.8. The van der Waals surface area contributed by atoms with Crippen LogP contribution < -0.4 is 0 Å². The number of esters is 1. The molecule has 0 bridgehead atoms. The first-order valence-electron chi connectivity index (χ1n) is 11.7. The average molecular weight is 479 g/mol. The summed E-state index contributed by atoms with van der Waals surface area (Å²) in [5, 5.41) is 20.8. The molecule has 0 heterocycles. The molecule has 2 N–H and O–H groups in total. The van der Waals surface area contributed by atoms with Crippen molar-refractivity contribution in [3.05, 3.63) is 47.5 Å². The Hall–Kier alpha value is -1.67. The predicted molar refractivity (Wildman–Crippen MR) is 131 cm³/mol. The molecule has 6 nitrogen and oxygen atoms in total. The van der Waals surface area contributed by atoms with Gasteiger partial charge in [0.05, 0.1) is 24.9 Å². The number of hydrogen-bond donors (Lipinski definition) is 2. The summed E-state index contributed by atoms with van der Waals surface area (Å²) in [4.78, 5) is 24.0. The number of benzene rings is 1. The molecule has 0 aliphatic heterocycles. The number of Topliss-reactive ketones (excluding diaryl/α,β-unsaturated/α-hetero) is 1. The molecule has 2 rings (SSSR count). The fourth-order valence-corrected chi connectivity index (χ4v) is 5.10. The van der Waals surface area contributed by atoms with Gasteiger partial charge in [0.1, 0.15) is 5.78 Å². The molecule has 0 amide bonds. The molecule has 0 unspecified atom stereocenters. The fourth-order valence-electron chi connectivity index (χ4n) is 4.12. The van der Waals surface area contributed by atoms with E-state index in [0.717, 1.165) is 29.1 Å². The Kier molecular flexibility index (Phi) is 12.2. The van der Waals surface area contributed by atoms with Crippen LogP contribution in [0.15, 0.2) is 36.4 Å². The van der Waals surface area contributed by atoms with Gasteiger partial charge < -0.3 is 19.7 Å². The Bertz CT molecular complexity index is 778. The summed E-state index contributed by atoms with van der Waals surface area (Å²) in [7, 11) is 1.65. The van der Waals surface area contributed by atoms with Crippen molar-refractivity contribution in [3.63, 3.8) is 0 Å². The summed E-state index contributed by atoms with van der Waals surface area (Å²) in [5.41, 5.74) is 2.06. The van der Waals surface area contributed by atoms with E-state index in [1.807, 2.05) is 44.2 Å². The molecule has 7 heteroatoms. The van der Waals surface area contributed by atoms with E-state index in [0.29, 0.717) is 25.9 Å². The first kappa shape index (κ1) is 27.6. The van der Waals surface area contributed by atoms with E-state index in [1.54, 1.807) is 24.9 Å². The second kappa shape index (κ2) is 14.6. The second-order valence-electron chi connectivity index (χ2n) is 8.87. The van der Waals surface area contributed by atoms with E-state index in [9.17, 15) is 19.8 Å². The third kappa shape index (κ3) is 10.0. The molecule has 1 aromatic carbocycles. The van der Waals surface area contributed by atoms with Crippen LogP contribution in [0.1, 0.15) is 50.7 Å². The summed E-state index contributed by atoms with van der Waals surface area (Å²) < 4.78 is 10.3. The van der Waals surface area contributed by atoms with Crippen LogP contribution in [0.2, 0.25) is 0 Å². The van der Waals surface area contributed by atoms with Gasteiger partial charge in [-0.2, -0.15) is 11.8 Å². The lowest BCUT2D eigenvalue weighted by molar-refractivity contribution is -0.147. The smallest absolute Gasteiger partial charge is 0.306 e. The van der Waals surface area contributed by atoms with Crippen LogP contribution in [0, 0.1) is 11.8 Å². The molecule has 1 fully saturated rings. The SMILES string of the molecule is COCc1cccc(C[C@H](O)C=C[C@H]2[C@H](O)CC(=O)[C@@H]2CCSCCCC(=O)OC(C)C)c1. The maximum atomic E-state index is 12.4. The summed E-state index contributed by atoms with van der Waals surface area (Å²) in [5.74, 6) is 1.04. The Morgan fingerprint density at radius 2 is 2.03 bits per heavy atom. The lowest BCUT2D eigenvalue weighted by atomic mass is 9.91. The van der Waals surface area contributed by atoms with Crippen molar-refractivity contribution in [1.29, 1.82) is 0 Å². The van der Waals surface area contributed by atoms with Crippen LogP contribution in [-0.4, -0.2) is 58.9 Å². The molecule has 1 aromatic rings. The van der Waals surface area contributed by atoms with E-state index in [2.05, 4.69) is 0 Å². The Morgan fingerprint density at radius 1 is 1.27 bits per heavy atom. The quantitative estimate of drug-likeness (QED) is 0.239. The van der Waals surface area contributed by atoms with E-state index in [1.165, 1.54) is 0 Å². The number of aliphatic hydroxyl groups excluding tert-OH is 2. The van der Waals surface area contributed by atoms with Gasteiger partial charge in [0.25, 0.3) is 0 Å². The Balaban J connectivity index is 1.79. The highest BCUT2D eigenvalue weighted by Crippen LogP contribution is 2.34. The van der Waals surface area contributed by atoms with Crippen molar-refractivity contribution in [2.75, 3.05) is 18.6 Å². The summed E-state index contributed by atoms with van der Waals surface area (Å²) in [6, 6.07) is 7.90. The molecule has 184 valence electrons. The first-order chi connectivity index (χ1) is 15.8.